The van der Waals surface area contributed by atoms with E-state index >= 15 is 0 Å². The Morgan fingerprint density at radius 2 is 2.20 bits per heavy atom. The molecule has 56 valence electrons. The Morgan fingerprint density at radius 1 is 1.30 bits per heavy atom. The van der Waals surface area contributed by atoms with Crippen LogP contribution in [-0.2, 0) is 4.74 Å². The van der Waals surface area contributed by atoms with Crippen LogP contribution in [0.1, 0.15) is 12.8 Å². The standard InChI is InChI=1S/C8H11ClO/c9-3-5-1-4-2-6(5)8-7(4)10-8/h4-8H,1-3H2/t4-,5+,6-,7-,8-/m1/s1. The van der Waals surface area contributed by atoms with Crippen LogP contribution in [0.3, 0.4) is 0 Å². The van der Waals surface area contributed by atoms with Crippen molar-refractivity contribution >= 4 is 11.6 Å². The molecule has 2 aliphatic carbocycles. The third-order valence-electron chi connectivity index (χ3n) is 3.43. The molecule has 2 bridgehead atoms. The molecule has 0 unspecified atom stereocenters. The van der Waals surface area contributed by atoms with E-state index in [0.29, 0.717) is 12.2 Å². The van der Waals surface area contributed by atoms with Crippen LogP contribution in [0.5, 0.6) is 0 Å². The average molecular weight is 159 g/mol. The topological polar surface area (TPSA) is 12.5 Å². The molecule has 5 atom stereocenters. The molecular weight excluding hydrogens is 148 g/mol. The van der Waals surface area contributed by atoms with E-state index in [1.54, 1.807) is 0 Å². The number of halogens is 1. The van der Waals surface area contributed by atoms with Crippen LogP contribution in [0.2, 0.25) is 0 Å². The minimum atomic E-state index is 0.641. The number of alkyl halides is 1. The third kappa shape index (κ3) is 0.543. The Bertz CT molecular complexity index is 171. The van der Waals surface area contributed by atoms with E-state index in [9.17, 15) is 0 Å². The maximum atomic E-state index is 5.83. The predicted molar refractivity (Wildman–Crippen MR) is 39.1 cm³/mol. The lowest BCUT2D eigenvalue weighted by Gasteiger charge is -2.14. The summed E-state index contributed by atoms with van der Waals surface area (Å²) >= 11 is 5.83. The molecule has 0 aromatic rings. The number of fused-ring (bicyclic) bond motifs is 5. The number of epoxide rings is 1. The zero-order valence-electron chi connectivity index (χ0n) is 5.79. The van der Waals surface area contributed by atoms with Gasteiger partial charge in [-0.25, -0.2) is 0 Å². The van der Waals surface area contributed by atoms with Crippen LogP contribution < -0.4 is 0 Å². The molecule has 0 amide bonds. The first kappa shape index (κ1) is 5.84. The molecular formula is C8H11ClO. The molecule has 1 heterocycles. The van der Waals surface area contributed by atoms with Gasteiger partial charge >= 0.3 is 0 Å². The average Bonchev–Trinajstić information content (AvgIpc) is 2.58. The Kier molecular flexibility index (Phi) is 0.993. The Balaban J connectivity index is 1.85. The van der Waals surface area contributed by atoms with Gasteiger partial charge < -0.3 is 4.74 Å². The molecule has 3 aliphatic rings. The van der Waals surface area contributed by atoms with Crippen molar-refractivity contribution in [3.8, 4) is 0 Å². The Labute approximate surface area is 65.7 Å². The van der Waals surface area contributed by atoms with Crippen LogP contribution in [0.15, 0.2) is 0 Å². The highest BCUT2D eigenvalue weighted by Crippen LogP contribution is 2.58. The van der Waals surface area contributed by atoms with Gasteiger partial charge in [-0.3, -0.25) is 0 Å². The van der Waals surface area contributed by atoms with Gasteiger partial charge in [0, 0.05) is 5.88 Å². The summed E-state index contributed by atoms with van der Waals surface area (Å²) in [7, 11) is 0. The molecule has 0 N–H and O–H groups in total. The van der Waals surface area contributed by atoms with E-state index in [-0.39, 0.29) is 0 Å². The molecule has 1 nitrogen and oxygen atoms in total. The predicted octanol–water partition coefficient (Wildman–Crippen LogP) is 1.65. The monoisotopic (exact) mass is 158 g/mol. The van der Waals surface area contributed by atoms with Crippen molar-refractivity contribution in [3.63, 3.8) is 0 Å². The van der Waals surface area contributed by atoms with Crippen LogP contribution >= 0.6 is 11.6 Å². The fourth-order valence-electron chi connectivity index (χ4n) is 2.91. The summed E-state index contributed by atoms with van der Waals surface area (Å²) < 4.78 is 5.51. The van der Waals surface area contributed by atoms with Gasteiger partial charge in [-0.2, -0.15) is 0 Å². The molecule has 2 heteroatoms. The van der Waals surface area contributed by atoms with Crippen molar-refractivity contribution in [2.45, 2.75) is 25.0 Å². The highest BCUT2D eigenvalue weighted by atomic mass is 35.5. The number of hydrogen-bond donors (Lipinski definition) is 0. The fourth-order valence-corrected chi connectivity index (χ4v) is 3.26. The summed E-state index contributed by atoms with van der Waals surface area (Å²) in [6.07, 6.45) is 4.06. The second-order valence-electron chi connectivity index (χ2n) is 3.88. The summed E-state index contributed by atoms with van der Waals surface area (Å²) in [5, 5.41) is 0. The molecule has 3 fully saturated rings. The van der Waals surface area contributed by atoms with Crippen LogP contribution in [0.4, 0.5) is 0 Å². The van der Waals surface area contributed by atoms with Crippen LogP contribution in [0.25, 0.3) is 0 Å². The molecule has 0 aromatic carbocycles. The molecule has 1 aliphatic heterocycles. The number of hydrogen-bond acceptors (Lipinski definition) is 1. The van der Waals surface area contributed by atoms with E-state index < -0.39 is 0 Å². The zero-order chi connectivity index (χ0) is 6.72. The largest absolute Gasteiger partial charge is 0.369 e. The van der Waals surface area contributed by atoms with E-state index in [1.807, 2.05) is 0 Å². The number of ether oxygens (including phenoxy) is 1. The first-order valence-corrected chi connectivity index (χ1v) is 4.65. The van der Waals surface area contributed by atoms with Crippen LogP contribution in [0, 0.1) is 17.8 Å². The smallest absolute Gasteiger partial charge is 0.0876 e. The summed E-state index contributed by atoms with van der Waals surface area (Å²) in [5.74, 6) is 3.37. The normalized spacial score (nSPS) is 62.7. The number of rotatable bonds is 1. The van der Waals surface area contributed by atoms with Crippen molar-refractivity contribution in [1.82, 2.24) is 0 Å². The van der Waals surface area contributed by atoms with E-state index in [2.05, 4.69) is 0 Å². The van der Waals surface area contributed by atoms with E-state index in [0.717, 1.165) is 23.6 Å². The van der Waals surface area contributed by atoms with E-state index in [1.165, 1.54) is 12.8 Å². The van der Waals surface area contributed by atoms with Crippen molar-refractivity contribution in [2.75, 3.05) is 5.88 Å². The quantitative estimate of drug-likeness (QED) is 0.418. The minimum Gasteiger partial charge on any atom is -0.369 e. The van der Waals surface area contributed by atoms with Gasteiger partial charge in [-0.15, -0.1) is 11.6 Å². The maximum Gasteiger partial charge on any atom is 0.0876 e. The zero-order valence-corrected chi connectivity index (χ0v) is 6.55. The highest BCUT2D eigenvalue weighted by molar-refractivity contribution is 6.18. The van der Waals surface area contributed by atoms with Gasteiger partial charge in [0.1, 0.15) is 0 Å². The second-order valence-corrected chi connectivity index (χ2v) is 4.18. The van der Waals surface area contributed by atoms with Crippen molar-refractivity contribution in [1.29, 1.82) is 0 Å². The molecule has 1 saturated heterocycles. The summed E-state index contributed by atoms with van der Waals surface area (Å²) in [4.78, 5) is 0. The fraction of sp³-hybridized carbons (Fsp3) is 1.00. The van der Waals surface area contributed by atoms with Gasteiger partial charge in [-0.1, -0.05) is 0 Å². The van der Waals surface area contributed by atoms with Crippen molar-refractivity contribution < 1.29 is 4.74 Å². The molecule has 0 spiro atoms. The van der Waals surface area contributed by atoms with E-state index in [4.69, 9.17) is 16.3 Å². The lowest BCUT2D eigenvalue weighted by Crippen LogP contribution is -2.18. The van der Waals surface area contributed by atoms with Gasteiger partial charge in [0.2, 0.25) is 0 Å². The molecule has 0 aromatic heterocycles. The van der Waals surface area contributed by atoms with Crippen molar-refractivity contribution in [3.05, 3.63) is 0 Å². The SMILES string of the molecule is ClC[C@@H]1C[C@@H]2C[C@H]1[C@H]1O[C@H]21. The Hall–Kier alpha value is 0.250. The lowest BCUT2D eigenvalue weighted by molar-refractivity contribution is 0.255. The van der Waals surface area contributed by atoms with Gasteiger partial charge in [0.05, 0.1) is 12.2 Å². The summed E-state index contributed by atoms with van der Waals surface area (Å²) in [6, 6.07) is 0. The summed E-state index contributed by atoms with van der Waals surface area (Å²) in [5.41, 5.74) is 0. The van der Waals surface area contributed by atoms with Crippen LogP contribution in [-0.4, -0.2) is 18.1 Å². The Morgan fingerprint density at radius 3 is 2.80 bits per heavy atom. The highest BCUT2D eigenvalue weighted by Gasteiger charge is 2.62. The van der Waals surface area contributed by atoms with Crippen molar-refractivity contribution in [2.24, 2.45) is 17.8 Å². The lowest BCUT2D eigenvalue weighted by atomic mass is 9.90. The first-order valence-electron chi connectivity index (χ1n) is 4.11. The molecule has 3 rings (SSSR count). The molecule has 10 heavy (non-hydrogen) atoms. The maximum absolute atomic E-state index is 5.83. The first-order chi connectivity index (χ1) is 4.90. The van der Waals surface area contributed by atoms with Gasteiger partial charge in [0.15, 0.2) is 0 Å². The second kappa shape index (κ2) is 1.70. The summed E-state index contributed by atoms with van der Waals surface area (Å²) in [6.45, 7) is 0. The minimum absolute atomic E-state index is 0.641. The molecule has 2 saturated carbocycles. The third-order valence-corrected chi connectivity index (χ3v) is 3.83. The molecule has 0 radical (unpaired) electrons. The van der Waals surface area contributed by atoms with Gasteiger partial charge in [-0.05, 0) is 30.6 Å². The van der Waals surface area contributed by atoms with Gasteiger partial charge in [0.25, 0.3) is 0 Å².